The highest BCUT2D eigenvalue weighted by atomic mass is 35.5. The number of nitrogens with zero attached hydrogens (tertiary/aromatic N) is 4. The molecule has 1 aliphatic heterocycles. The molecule has 0 bridgehead atoms. The van der Waals surface area contributed by atoms with Crippen LogP contribution in [-0.2, 0) is 10.0 Å². The summed E-state index contributed by atoms with van der Waals surface area (Å²) in [5, 5.41) is 6.39. The summed E-state index contributed by atoms with van der Waals surface area (Å²) in [6.07, 6.45) is 2.56. The molecule has 2 heterocycles. The minimum atomic E-state index is -3.69. The molecule has 10 nitrogen and oxygen atoms in total. The van der Waals surface area contributed by atoms with Gasteiger partial charge in [-0.1, -0.05) is 23.7 Å². The molecule has 1 atom stereocenters. The molecule has 2 aromatic carbocycles. The van der Waals surface area contributed by atoms with Crippen molar-refractivity contribution in [2.24, 2.45) is 0 Å². The van der Waals surface area contributed by atoms with Gasteiger partial charge in [0.05, 0.1) is 24.7 Å². The zero-order valence-corrected chi connectivity index (χ0v) is 22.1. The number of nitrogens with one attached hydrogen (secondary N) is 2. The predicted octanol–water partition coefficient (Wildman–Crippen LogP) is 3.96. The number of benzene rings is 2. The molecule has 0 radical (unpaired) electrons. The maximum atomic E-state index is 12.7. The molecule has 0 amide bonds. The van der Waals surface area contributed by atoms with Crippen molar-refractivity contribution in [2.45, 2.75) is 17.4 Å². The average molecular weight is 533 g/mol. The average Bonchev–Trinajstić information content (AvgIpc) is 3.26. The molecule has 12 heteroatoms. The van der Waals surface area contributed by atoms with Gasteiger partial charge < -0.3 is 25.0 Å². The van der Waals surface area contributed by atoms with E-state index < -0.39 is 10.0 Å². The first-order valence-corrected chi connectivity index (χ1v) is 13.1. The number of methoxy groups -OCH3 is 1. The van der Waals surface area contributed by atoms with Crippen LogP contribution in [-0.4, -0.2) is 75.0 Å². The first kappa shape index (κ1) is 26.0. The lowest BCUT2D eigenvalue weighted by atomic mass is 10.2. The molecule has 0 unspecified atom stereocenters. The summed E-state index contributed by atoms with van der Waals surface area (Å²) >= 11 is 6.33. The van der Waals surface area contributed by atoms with Crippen LogP contribution in [0.5, 0.6) is 11.5 Å². The Labute approximate surface area is 216 Å². The summed E-state index contributed by atoms with van der Waals surface area (Å²) < 4.78 is 38.3. The molecular weight excluding hydrogens is 504 g/mol. The van der Waals surface area contributed by atoms with Crippen LogP contribution in [0.15, 0.2) is 53.6 Å². The third-order valence-electron chi connectivity index (χ3n) is 5.71. The Balaban J connectivity index is 1.56. The van der Waals surface area contributed by atoms with Crippen molar-refractivity contribution in [3.8, 4) is 11.5 Å². The summed E-state index contributed by atoms with van der Waals surface area (Å²) in [7, 11) is 2.91. The van der Waals surface area contributed by atoms with Gasteiger partial charge in [-0.3, -0.25) is 0 Å². The Bertz CT molecular complexity index is 1340. The van der Waals surface area contributed by atoms with E-state index in [1.165, 1.54) is 26.4 Å². The van der Waals surface area contributed by atoms with Crippen molar-refractivity contribution in [3.05, 3.63) is 53.7 Å². The van der Waals surface area contributed by atoms with E-state index in [1.807, 2.05) is 18.2 Å². The second-order valence-corrected chi connectivity index (χ2v) is 11.1. The van der Waals surface area contributed by atoms with Crippen LogP contribution in [0.3, 0.4) is 0 Å². The van der Waals surface area contributed by atoms with E-state index in [4.69, 9.17) is 21.1 Å². The number of sulfonamides is 1. The van der Waals surface area contributed by atoms with E-state index in [1.54, 1.807) is 25.3 Å². The predicted molar refractivity (Wildman–Crippen MR) is 140 cm³/mol. The van der Waals surface area contributed by atoms with Gasteiger partial charge in [0.1, 0.15) is 27.5 Å². The van der Waals surface area contributed by atoms with Gasteiger partial charge in [-0.25, -0.2) is 17.7 Å². The Morgan fingerprint density at radius 1 is 1.14 bits per heavy atom. The summed E-state index contributed by atoms with van der Waals surface area (Å²) in [5.41, 5.74) is 0.978. The summed E-state index contributed by atoms with van der Waals surface area (Å²) in [4.78, 5) is 11.0. The fraction of sp³-hybridized carbons (Fsp3) is 0.333. The molecule has 1 aromatic heterocycles. The molecule has 0 aliphatic carbocycles. The number of ether oxygens (including phenoxy) is 2. The topological polar surface area (TPSA) is 109 Å². The monoisotopic (exact) mass is 532 g/mol. The fourth-order valence-corrected chi connectivity index (χ4v) is 4.97. The molecule has 4 rings (SSSR count). The standard InChI is InChI=1S/C24H29ClN6O4S/c1-30(2)36(32,33)22-8-6-5-7-20(22)27-23-18(25)14-26-24(29-23)28-19-10-9-16(13-21(19)34-4)35-17-11-12-31(3)15-17/h5-10,13-14,17H,11-12,15H2,1-4H3,(H2,26,27,28,29)/t17-/m1/s1. The van der Waals surface area contributed by atoms with Crippen LogP contribution in [0.1, 0.15) is 6.42 Å². The quantitative estimate of drug-likeness (QED) is 0.423. The van der Waals surface area contributed by atoms with Gasteiger partial charge in [0, 0.05) is 33.3 Å². The third-order valence-corrected chi connectivity index (χ3v) is 7.86. The first-order chi connectivity index (χ1) is 17.2. The zero-order valence-electron chi connectivity index (χ0n) is 20.5. The van der Waals surface area contributed by atoms with Crippen LogP contribution in [0.4, 0.5) is 23.1 Å². The first-order valence-electron chi connectivity index (χ1n) is 11.3. The third kappa shape index (κ3) is 5.81. The highest BCUT2D eigenvalue weighted by molar-refractivity contribution is 7.89. The molecule has 0 spiro atoms. The highest BCUT2D eigenvalue weighted by Gasteiger charge is 2.23. The van der Waals surface area contributed by atoms with E-state index in [0.29, 0.717) is 17.1 Å². The van der Waals surface area contributed by atoms with Gasteiger partial charge in [-0.2, -0.15) is 4.98 Å². The Morgan fingerprint density at radius 3 is 2.61 bits per heavy atom. The number of hydrogen-bond acceptors (Lipinski definition) is 9. The van der Waals surface area contributed by atoms with Crippen LogP contribution < -0.4 is 20.1 Å². The van der Waals surface area contributed by atoms with Gasteiger partial charge in [0.25, 0.3) is 0 Å². The largest absolute Gasteiger partial charge is 0.494 e. The highest BCUT2D eigenvalue weighted by Crippen LogP contribution is 2.33. The number of para-hydroxylation sites is 1. The zero-order chi connectivity index (χ0) is 25.9. The molecule has 1 aliphatic rings. The van der Waals surface area contributed by atoms with Crippen LogP contribution >= 0.6 is 11.6 Å². The van der Waals surface area contributed by atoms with Gasteiger partial charge >= 0.3 is 0 Å². The second-order valence-electron chi connectivity index (χ2n) is 8.58. The Hall–Kier alpha value is -3.12. The Morgan fingerprint density at radius 2 is 1.92 bits per heavy atom. The van der Waals surface area contributed by atoms with Gasteiger partial charge in [-0.15, -0.1) is 0 Å². The van der Waals surface area contributed by atoms with Crippen molar-refractivity contribution in [2.75, 3.05) is 52.0 Å². The van der Waals surface area contributed by atoms with Crippen molar-refractivity contribution in [3.63, 3.8) is 0 Å². The van der Waals surface area contributed by atoms with E-state index >= 15 is 0 Å². The molecular formula is C24H29ClN6O4S. The smallest absolute Gasteiger partial charge is 0.244 e. The summed E-state index contributed by atoms with van der Waals surface area (Å²) in [6, 6.07) is 12.1. The maximum Gasteiger partial charge on any atom is 0.244 e. The maximum absolute atomic E-state index is 12.7. The molecule has 0 saturated carbocycles. The van der Waals surface area contributed by atoms with E-state index in [0.717, 1.165) is 29.6 Å². The van der Waals surface area contributed by atoms with Crippen molar-refractivity contribution >= 4 is 44.8 Å². The fourth-order valence-electron chi connectivity index (χ4n) is 3.79. The Kier molecular flexibility index (Phi) is 7.84. The van der Waals surface area contributed by atoms with Crippen molar-refractivity contribution in [1.82, 2.24) is 19.2 Å². The number of aromatic nitrogens is 2. The van der Waals surface area contributed by atoms with E-state index in [9.17, 15) is 8.42 Å². The van der Waals surface area contributed by atoms with Crippen LogP contribution in [0.2, 0.25) is 5.02 Å². The van der Waals surface area contributed by atoms with Gasteiger partial charge in [0.15, 0.2) is 5.82 Å². The normalized spacial score (nSPS) is 16.2. The summed E-state index contributed by atoms with van der Waals surface area (Å²) in [5.74, 6) is 1.78. The van der Waals surface area contributed by atoms with Crippen molar-refractivity contribution < 1.29 is 17.9 Å². The minimum absolute atomic E-state index is 0.102. The molecule has 192 valence electrons. The number of likely N-dealkylation sites (N-methyl/N-ethyl adjacent to an activating group) is 1. The van der Waals surface area contributed by atoms with E-state index in [2.05, 4.69) is 32.5 Å². The molecule has 36 heavy (non-hydrogen) atoms. The molecule has 2 N–H and O–H groups in total. The van der Waals surface area contributed by atoms with Crippen LogP contribution in [0.25, 0.3) is 0 Å². The number of halogens is 1. The molecule has 3 aromatic rings. The molecule has 1 saturated heterocycles. The SMILES string of the molecule is COc1cc(O[C@@H]2CCN(C)C2)ccc1Nc1ncc(Cl)c(Nc2ccccc2S(=O)(=O)N(C)C)n1. The number of likely N-dealkylation sites (tertiary alicyclic amines) is 1. The lowest BCUT2D eigenvalue weighted by molar-refractivity contribution is 0.207. The number of rotatable bonds is 9. The number of hydrogen-bond donors (Lipinski definition) is 2. The second kappa shape index (κ2) is 10.9. The summed E-state index contributed by atoms with van der Waals surface area (Å²) in [6.45, 7) is 1.90. The minimum Gasteiger partial charge on any atom is -0.494 e. The van der Waals surface area contributed by atoms with Gasteiger partial charge in [0.2, 0.25) is 16.0 Å². The van der Waals surface area contributed by atoms with Crippen LogP contribution in [0, 0.1) is 0 Å². The lowest BCUT2D eigenvalue weighted by Gasteiger charge is -2.17. The molecule has 1 fully saturated rings. The van der Waals surface area contributed by atoms with Crippen molar-refractivity contribution in [1.29, 1.82) is 0 Å². The number of anilines is 4. The van der Waals surface area contributed by atoms with Gasteiger partial charge in [-0.05, 0) is 37.7 Å². The van der Waals surface area contributed by atoms with E-state index in [-0.39, 0.29) is 27.8 Å². The lowest BCUT2D eigenvalue weighted by Crippen LogP contribution is -2.23.